The van der Waals surface area contributed by atoms with Crippen LogP contribution in [0.15, 0.2) is 173 Å². The molecule has 12 aromatic rings. The highest BCUT2D eigenvalue weighted by atomic mass is 16.3. The van der Waals surface area contributed by atoms with Gasteiger partial charge in [-0.3, -0.25) is 0 Å². The predicted octanol–water partition coefficient (Wildman–Crippen LogP) is 13.7. The van der Waals surface area contributed by atoms with Crippen molar-refractivity contribution in [2.24, 2.45) is 0 Å². The minimum atomic E-state index is 0.893. The van der Waals surface area contributed by atoms with Crippen LogP contribution in [0.5, 0.6) is 0 Å². The van der Waals surface area contributed by atoms with E-state index in [9.17, 15) is 0 Å². The number of fused-ring (bicyclic) bond motifs is 18. The fourth-order valence-electron chi connectivity index (χ4n) is 8.83. The average Bonchev–Trinajstić information content (AvgIpc) is 3.87. The first-order valence-corrected chi connectivity index (χ1v) is 17.4. The van der Waals surface area contributed by atoms with Crippen LogP contribution in [0.4, 0.5) is 0 Å². The quantitative estimate of drug-likeness (QED) is 0.175. The zero-order chi connectivity index (χ0) is 33.2. The van der Waals surface area contributed by atoms with Gasteiger partial charge in [0.25, 0.3) is 0 Å². The lowest BCUT2D eigenvalue weighted by Gasteiger charge is -2.14. The van der Waals surface area contributed by atoms with Crippen LogP contribution in [0.25, 0.3) is 115 Å². The number of aromatic nitrogens is 1. The number of nitrogens with zero attached hydrogens (tertiary/aromatic N) is 1. The Morgan fingerprint density at radius 1 is 0.333 bits per heavy atom. The molecule has 3 heterocycles. The third-order valence-electron chi connectivity index (χ3n) is 10.9. The zero-order valence-electron chi connectivity index (χ0n) is 27.4. The number of hydrogen-bond donors (Lipinski definition) is 0. The van der Waals surface area contributed by atoms with E-state index in [-0.39, 0.29) is 0 Å². The molecular weight excluding hydrogens is 623 g/mol. The Bertz CT molecular complexity index is 3430. The van der Waals surface area contributed by atoms with E-state index in [1.165, 1.54) is 43.1 Å². The summed E-state index contributed by atoms with van der Waals surface area (Å²) in [6.45, 7) is 0. The molecule has 0 unspecified atom stereocenters. The van der Waals surface area contributed by atoms with Gasteiger partial charge in [-0.25, -0.2) is 0 Å². The molecule has 0 N–H and O–H groups in total. The lowest BCUT2D eigenvalue weighted by molar-refractivity contribution is 0.669. The molecule has 0 aliphatic rings. The average molecular weight is 650 g/mol. The van der Waals surface area contributed by atoms with Crippen molar-refractivity contribution in [3.05, 3.63) is 164 Å². The fourth-order valence-corrected chi connectivity index (χ4v) is 8.83. The lowest BCUT2D eigenvalue weighted by atomic mass is 9.89. The Morgan fingerprint density at radius 2 is 0.902 bits per heavy atom. The molecule has 12 rings (SSSR count). The minimum absolute atomic E-state index is 0.893. The van der Waals surface area contributed by atoms with E-state index < -0.39 is 0 Å². The Hall–Kier alpha value is -6.84. The first-order valence-electron chi connectivity index (χ1n) is 17.4. The molecule has 0 amide bonds. The molecule has 3 aromatic heterocycles. The van der Waals surface area contributed by atoms with E-state index in [4.69, 9.17) is 8.83 Å². The summed E-state index contributed by atoms with van der Waals surface area (Å²) in [4.78, 5) is 0. The maximum absolute atomic E-state index is 6.99. The van der Waals surface area contributed by atoms with Crippen molar-refractivity contribution in [2.45, 2.75) is 0 Å². The van der Waals surface area contributed by atoms with Crippen molar-refractivity contribution in [1.82, 2.24) is 4.57 Å². The standard InChI is InChI=1S/C48H27NO2/c1-3-17-34-31(14-1)32-15-2-4-18-35(32)44-43(34)45-36-19-5-8-21-39(36)49(47(45)48-46(44)37-20-7-10-23-41(37)51-48)30-13-11-12-28(26-30)29-24-25-42-38(27-29)33-16-6-9-22-40(33)50-42/h1-27H. The van der Waals surface area contributed by atoms with E-state index in [2.05, 4.69) is 156 Å². The van der Waals surface area contributed by atoms with Gasteiger partial charge >= 0.3 is 0 Å². The lowest BCUT2D eigenvalue weighted by Crippen LogP contribution is -1.95. The van der Waals surface area contributed by atoms with Crippen molar-refractivity contribution >= 4 is 98.0 Å². The Balaban J connectivity index is 1.26. The molecule has 0 aliphatic heterocycles. The van der Waals surface area contributed by atoms with E-state index in [0.29, 0.717) is 0 Å². The van der Waals surface area contributed by atoms with Gasteiger partial charge in [0.15, 0.2) is 5.58 Å². The highest BCUT2D eigenvalue weighted by Gasteiger charge is 2.25. The Labute approximate surface area is 291 Å². The van der Waals surface area contributed by atoms with E-state index in [1.54, 1.807) is 0 Å². The van der Waals surface area contributed by atoms with Crippen LogP contribution in [-0.2, 0) is 0 Å². The second-order valence-corrected chi connectivity index (χ2v) is 13.6. The first kappa shape index (κ1) is 27.0. The second kappa shape index (κ2) is 9.87. The van der Waals surface area contributed by atoms with Gasteiger partial charge < -0.3 is 13.4 Å². The highest BCUT2D eigenvalue weighted by molar-refractivity contribution is 6.44. The molecule has 0 aliphatic carbocycles. The largest absolute Gasteiger partial charge is 0.456 e. The summed E-state index contributed by atoms with van der Waals surface area (Å²) in [7, 11) is 0. The highest BCUT2D eigenvalue weighted by Crippen LogP contribution is 2.50. The second-order valence-electron chi connectivity index (χ2n) is 13.6. The van der Waals surface area contributed by atoms with Crippen molar-refractivity contribution < 1.29 is 8.83 Å². The number of furan rings is 2. The number of rotatable bonds is 2. The van der Waals surface area contributed by atoms with Crippen LogP contribution >= 0.6 is 0 Å². The summed E-state index contributed by atoms with van der Waals surface area (Å²) >= 11 is 0. The maximum Gasteiger partial charge on any atom is 0.160 e. The first-order chi connectivity index (χ1) is 25.3. The van der Waals surface area contributed by atoms with Gasteiger partial charge in [0.1, 0.15) is 16.7 Å². The van der Waals surface area contributed by atoms with Crippen molar-refractivity contribution in [1.29, 1.82) is 0 Å². The number of hydrogen-bond acceptors (Lipinski definition) is 2. The van der Waals surface area contributed by atoms with E-state index in [1.807, 2.05) is 12.1 Å². The SMILES string of the molecule is c1cc(-c2ccc3oc4ccccc4c3c2)cc(-n2c3ccccc3c3c4c5ccccc5c5ccccc5c4c4c5ccccc5oc4c32)c1. The van der Waals surface area contributed by atoms with Crippen molar-refractivity contribution in [3.8, 4) is 16.8 Å². The van der Waals surface area contributed by atoms with Crippen LogP contribution in [0.3, 0.4) is 0 Å². The van der Waals surface area contributed by atoms with E-state index >= 15 is 0 Å². The van der Waals surface area contributed by atoms with Gasteiger partial charge in [0, 0.05) is 48.8 Å². The topological polar surface area (TPSA) is 31.2 Å². The molecule has 0 saturated heterocycles. The normalized spacial score (nSPS) is 12.3. The molecule has 3 nitrogen and oxygen atoms in total. The maximum atomic E-state index is 6.99. The van der Waals surface area contributed by atoms with Gasteiger partial charge in [-0.15, -0.1) is 0 Å². The van der Waals surface area contributed by atoms with E-state index in [0.717, 1.165) is 71.7 Å². The van der Waals surface area contributed by atoms with Crippen LogP contribution in [-0.4, -0.2) is 4.57 Å². The summed E-state index contributed by atoms with van der Waals surface area (Å²) in [5.74, 6) is 0. The summed E-state index contributed by atoms with van der Waals surface area (Å²) in [5.41, 5.74) is 9.22. The summed E-state index contributed by atoms with van der Waals surface area (Å²) in [6, 6.07) is 58.7. The molecule has 0 saturated carbocycles. The molecule has 0 fully saturated rings. The Kier molecular flexibility index (Phi) is 5.23. The summed E-state index contributed by atoms with van der Waals surface area (Å²) in [6.07, 6.45) is 0. The zero-order valence-corrected chi connectivity index (χ0v) is 27.4. The van der Waals surface area contributed by atoms with Gasteiger partial charge in [-0.05, 0) is 75.1 Å². The number of benzene rings is 9. The van der Waals surface area contributed by atoms with Gasteiger partial charge in [-0.2, -0.15) is 0 Å². The van der Waals surface area contributed by atoms with Gasteiger partial charge in [-0.1, -0.05) is 121 Å². The molecule has 0 atom stereocenters. The molecule has 0 spiro atoms. The molecule has 0 radical (unpaired) electrons. The Morgan fingerprint density at radius 3 is 1.67 bits per heavy atom. The number of para-hydroxylation sites is 3. The van der Waals surface area contributed by atoms with Crippen molar-refractivity contribution in [2.75, 3.05) is 0 Å². The molecule has 236 valence electrons. The van der Waals surface area contributed by atoms with Crippen LogP contribution in [0, 0.1) is 0 Å². The van der Waals surface area contributed by atoms with Crippen LogP contribution in [0.1, 0.15) is 0 Å². The fraction of sp³-hybridized carbons (Fsp3) is 0. The molecular formula is C48H27NO2. The molecule has 51 heavy (non-hydrogen) atoms. The predicted molar refractivity (Wildman–Crippen MR) is 213 cm³/mol. The summed E-state index contributed by atoms with van der Waals surface area (Å²) < 4.78 is 15.6. The monoisotopic (exact) mass is 649 g/mol. The smallest absolute Gasteiger partial charge is 0.160 e. The minimum Gasteiger partial charge on any atom is -0.456 e. The third-order valence-corrected chi connectivity index (χ3v) is 10.9. The molecule has 3 heteroatoms. The summed E-state index contributed by atoms with van der Waals surface area (Å²) in [5, 5.41) is 14.5. The molecule has 0 bridgehead atoms. The molecule has 9 aromatic carbocycles. The third kappa shape index (κ3) is 3.57. The van der Waals surface area contributed by atoms with Crippen LogP contribution < -0.4 is 0 Å². The van der Waals surface area contributed by atoms with Gasteiger partial charge in [0.2, 0.25) is 0 Å². The van der Waals surface area contributed by atoms with Gasteiger partial charge in [0.05, 0.1) is 11.0 Å². The van der Waals surface area contributed by atoms with Crippen LogP contribution in [0.2, 0.25) is 0 Å². The van der Waals surface area contributed by atoms with Crippen molar-refractivity contribution in [3.63, 3.8) is 0 Å².